The first kappa shape index (κ1) is 11.2. The Bertz CT molecular complexity index is 361. The first-order chi connectivity index (χ1) is 7.79. The molecule has 0 bridgehead atoms. The topological polar surface area (TPSA) is 26.3 Å². The van der Waals surface area contributed by atoms with E-state index in [2.05, 4.69) is 6.07 Å². The molecule has 16 heavy (non-hydrogen) atoms. The maximum atomic E-state index is 11.2. The van der Waals surface area contributed by atoms with Crippen molar-refractivity contribution in [2.45, 2.75) is 32.1 Å². The van der Waals surface area contributed by atoms with Crippen LogP contribution >= 0.6 is 0 Å². The first-order valence-electron chi connectivity index (χ1n) is 5.93. The second-order valence-electron chi connectivity index (χ2n) is 4.50. The van der Waals surface area contributed by atoms with E-state index in [-0.39, 0.29) is 0 Å². The smallest absolute Gasteiger partial charge is 0.132 e. The fraction of sp³-hybridized carbons (Fsp3) is 0.500. The maximum absolute atomic E-state index is 11.2. The van der Waals surface area contributed by atoms with Crippen LogP contribution < -0.4 is 4.74 Å². The van der Waals surface area contributed by atoms with E-state index in [0.29, 0.717) is 11.7 Å². The number of para-hydroxylation sites is 1. The monoisotopic (exact) mass is 218 g/mol. The van der Waals surface area contributed by atoms with E-state index in [1.807, 2.05) is 18.2 Å². The molecule has 1 saturated carbocycles. The van der Waals surface area contributed by atoms with Gasteiger partial charge in [-0.15, -0.1) is 0 Å². The molecule has 1 aromatic rings. The molecule has 2 rings (SSSR count). The van der Waals surface area contributed by atoms with Gasteiger partial charge in [0.15, 0.2) is 0 Å². The van der Waals surface area contributed by atoms with E-state index in [0.717, 1.165) is 37.9 Å². The zero-order valence-corrected chi connectivity index (χ0v) is 9.74. The summed E-state index contributed by atoms with van der Waals surface area (Å²) in [5, 5.41) is 0. The van der Waals surface area contributed by atoms with Gasteiger partial charge in [-0.2, -0.15) is 0 Å². The van der Waals surface area contributed by atoms with Crippen LogP contribution in [0.5, 0.6) is 5.75 Å². The lowest BCUT2D eigenvalue weighted by atomic mass is 9.84. The van der Waals surface area contributed by atoms with E-state index in [9.17, 15) is 4.79 Å². The van der Waals surface area contributed by atoms with Crippen molar-refractivity contribution in [3.63, 3.8) is 0 Å². The third-order valence-corrected chi connectivity index (χ3v) is 3.36. The Morgan fingerprint density at radius 1 is 1.25 bits per heavy atom. The quantitative estimate of drug-likeness (QED) is 0.779. The molecule has 86 valence electrons. The molecule has 0 saturated heterocycles. The van der Waals surface area contributed by atoms with Crippen molar-refractivity contribution in [2.75, 3.05) is 7.11 Å². The average Bonchev–Trinajstić information content (AvgIpc) is 2.33. The normalized spacial score (nSPS) is 17.4. The van der Waals surface area contributed by atoms with Crippen LogP contribution in [0.3, 0.4) is 0 Å². The molecule has 0 spiro atoms. The molecule has 0 atom stereocenters. The molecule has 1 aliphatic rings. The Morgan fingerprint density at radius 3 is 2.62 bits per heavy atom. The number of Topliss-reactive ketones (excluding diaryl/α,β-unsaturated/α-hetero) is 1. The summed E-state index contributed by atoms with van der Waals surface area (Å²) in [5.74, 6) is 2.05. The lowest BCUT2D eigenvalue weighted by molar-refractivity contribution is -0.120. The van der Waals surface area contributed by atoms with Gasteiger partial charge in [0.2, 0.25) is 0 Å². The Labute approximate surface area is 96.6 Å². The number of carbonyl (C=O) groups excluding carboxylic acids is 1. The van der Waals surface area contributed by atoms with Crippen molar-refractivity contribution in [1.29, 1.82) is 0 Å². The van der Waals surface area contributed by atoms with E-state index >= 15 is 0 Å². The van der Waals surface area contributed by atoms with E-state index in [1.165, 1.54) is 5.56 Å². The molecule has 1 fully saturated rings. The number of ketones is 1. The molecule has 0 radical (unpaired) electrons. The van der Waals surface area contributed by atoms with Crippen LogP contribution in [0, 0.1) is 5.92 Å². The summed E-state index contributed by atoms with van der Waals surface area (Å²) in [6.07, 6.45) is 4.64. The summed E-state index contributed by atoms with van der Waals surface area (Å²) in [6.45, 7) is 0. The third kappa shape index (κ3) is 2.63. The van der Waals surface area contributed by atoms with Crippen molar-refractivity contribution < 1.29 is 9.53 Å². The number of ether oxygens (including phenoxy) is 1. The highest BCUT2D eigenvalue weighted by Crippen LogP contribution is 2.28. The van der Waals surface area contributed by atoms with Crippen LogP contribution in [0.25, 0.3) is 0 Å². The minimum atomic E-state index is 0.427. The van der Waals surface area contributed by atoms with E-state index in [4.69, 9.17) is 4.74 Å². The van der Waals surface area contributed by atoms with Gasteiger partial charge in [-0.25, -0.2) is 0 Å². The highest BCUT2D eigenvalue weighted by molar-refractivity contribution is 5.79. The van der Waals surface area contributed by atoms with Gasteiger partial charge in [0, 0.05) is 12.8 Å². The molecule has 2 heteroatoms. The molecule has 0 heterocycles. The van der Waals surface area contributed by atoms with Crippen molar-refractivity contribution in [3.05, 3.63) is 29.8 Å². The average molecular weight is 218 g/mol. The van der Waals surface area contributed by atoms with Gasteiger partial charge in [-0.3, -0.25) is 4.79 Å². The van der Waals surface area contributed by atoms with Crippen LogP contribution in [0.2, 0.25) is 0 Å². The van der Waals surface area contributed by atoms with Crippen molar-refractivity contribution in [3.8, 4) is 5.75 Å². The van der Waals surface area contributed by atoms with Gasteiger partial charge in [0.25, 0.3) is 0 Å². The number of hydrogen-bond donors (Lipinski definition) is 0. The Hall–Kier alpha value is -1.31. The summed E-state index contributed by atoms with van der Waals surface area (Å²) in [4.78, 5) is 11.2. The predicted octanol–water partition coefficient (Wildman–Crippen LogP) is 3.00. The number of hydrogen-bond acceptors (Lipinski definition) is 2. The van der Waals surface area contributed by atoms with Crippen molar-refractivity contribution in [2.24, 2.45) is 5.92 Å². The summed E-state index contributed by atoms with van der Waals surface area (Å²) < 4.78 is 5.34. The summed E-state index contributed by atoms with van der Waals surface area (Å²) in [7, 11) is 1.71. The van der Waals surface area contributed by atoms with Crippen LogP contribution in [-0.4, -0.2) is 12.9 Å². The fourth-order valence-electron chi connectivity index (χ4n) is 2.39. The molecule has 2 nitrogen and oxygen atoms in total. The third-order valence-electron chi connectivity index (χ3n) is 3.36. The lowest BCUT2D eigenvalue weighted by Gasteiger charge is -2.21. The molecule has 1 aromatic carbocycles. The highest BCUT2D eigenvalue weighted by atomic mass is 16.5. The number of carbonyl (C=O) groups is 1. The molecule has 0 aromatic heterocycles. The van der Waals surface area contributed by atoms with Gasteiger partial charge in [-0.1, -0.05) is 18.2 Å². The minimum absolute atomic E-state index is 0.427. The zero-order chi connectivity index (χ0) is 11.4. The number of methoxy groups -OCH3 is 1. The fourth-order valence-corrected chi connectivity index (χ4v) is 2.39. The molecule has 0 aliphatic heterocycles. The predicted molar refractivity (Wildman–Crippen MR) is 63.7 cm³/mol. The Balaban J connectivity index is 2.00. The lowest BCUT2D eigenvalue weighted by Crippen LogP contribution is -2.16. The summed E-state index contributed by atoms with van der Waals surface area (Å²) in [5.41, 5.74) is 1.27. The summed E-state index contributed by atoms with van der Waals surface area (Å²) in [6, 6.07) is 8.16. The van der Waals surface area contributed by atoms with Crippen LogP contribution in [0.1, 0.15) is 31.2 Å². The molecule has 0 unspecified atom stereocenters. The van der Waals surface area contributed by atoms with E-state index in [1.54, 1.807) is 7.11 Å². The minimum Gasteiger partial charge on any atom is -0.496 e. The second-order valence-corrected chi connectivity index (χ2v) is 4.50. The summed E-state index contributed by atoms with van der Waals surface area (Å²) >= 11 is 0. The van der Waals surface area contributed by atoms with Gasteiger partial charge >= 0.3 is 0 Å². The molecule has 0 N–H and O–H groups in total. The van der Waals surface area contributed by atoms with Crippen molar-refractivity contribution in [1.82, 2.24) is 0 Å². The van der Waals surface area contributed by atoms with Gasteiger partial charge in [-0.05, 0) is 36.8 Å². The highest BCUT2D eigenvalue weighted by Gasteiger charge is 2.19. The van der Waals surface area contributed by atoms with Crippen LogP contribution in [0.15, 0.2) is 24.3 Å². The maximum Gasteiger partial charge on any atom is 0.132 e. The molecule has 0 amide bonds. The SMILES string of the molecule is COc1ccccc1CC1CCC(=O)CC1. The largest absolute Gasteiger partial charge is 0.496 e. The molecular formula is C14H18O2. The molecular weight excluding hydrogens is 200 g/mol. The second kappa shape index (κ2) is 5.15. The van der Waals surface area contributed by atoms with Crippen LogP contribution in [-0.2, 0) is 11.2 Å². The van der Waals surface area contributed by atoms with Crippen molar-refractivity contribution >= 4 is 5.78 Å². The zero-order valence-electron chi connectivity index (χ0n) is 9.74. The Morgan fingerprint density at radius 2 is 1.94 bits per heavy atom. The number of benzene rings is 1. The first-order valence-corrected chi connectivity index (χ1v) is 5.93. The van der Waals surface area contributed by atoms with Crippen LogP contribution in [0.4, 0.5) is 0 Å². The molecule has 1 aliphatic carbocycles. The van der Waals surface area contributed by atoms with Gasteiger partial charge < -0.3 is 4.74 Å². The van der Waals surface area contributed by atoms with Gasteiger partial charge in [0.05, 0.1) is 7.11 Å². The van der Waals surface area contributed by atoms with Gasteiger partial charge in [0.1, 0.15) is 11.5 Å². The Kier molecular flexibility index (Phi) is 3.60. The number of rotatable bonds is 3. The van der Waals surface area contributed by atoms with E-state index < -0.39 is 0 Å². The standard InChI is InChI=1S/C14H18O2/c1-16-14-5-3-2-4-12(14)10-11-6-8-13(15)9-7-11/h2-5,11H,6-10H2,1H3.